The smallest absolute Gasteiger partial charge is 0.205 e. The zero-order chi connectivity index (χ0) is 18.2. The predicted octanol–water partition coefficient (Wildman–Crippen LogP) is 4.44. The molecule has 25 heavy (non-hydrogen) atoms. The fraction of sp³-hybridized carbons (Fsp3) is 0.389. The number of nitrogens with zero attached hydrogens (tertiary/aromatic N) is 3. The molecule has 0 bridgehead atoms. The van der Waals surface area contributed by atoms with Crippen LogP contribution < -0.4 is 0 Å². The lowest BCUT2D eigenvalue weighted by molar-refractivity contribution is 0.0863. The zero-order valence-electron chi connectivity index (χ0n) is 15.1. The molecule has 5 nitrogen and oxygen atoms in total. The van der Waals surface area contributed by atoms with Gasteiger partial charge < -0.3 is 4.43 Å². The Hall–Kier alpha value is -1.79. The Bertz CT molecular complexity index is 877. The molecule has 1 radical (unpaired) electrons. The molecule has 1 aliphatic rings. The maximum atomic E-state index is 11.2. The van der Waals surface area contributed by atoms with Gasteiger partial charge in [-0.1, -0.05) is 20.8 Å². The lowest BCUT2D eigenvalue weighted by Gasteiger charge is -2.32. The van der Waals surface area contributed by atoms with Gasteiger partial charge in [0.25, 0.3) is 0 Å². The summed E-state index contributed by atoms with van der Waals surface area (Å²) in [5.74, 6) is 0. The van der Waals surface area contributed by atoms with Gasteiger partial charge in [-0.3, -0.25) is 9.55 Å². The zero-order valence-corrected chi connectivity index (χ0v) is 16.9. The molecule has 2 atom stereocenters. The highest BCUT2D eigenvalue weighted by atomic mass is 32.2. The predicted molar refractivity (Wildman–Crippen MR) is 103 cm³/mol. The van der Waals surface area contributed by atoms with Crippen LogP contribution in [-0.2, 0) is 9.22 Å². The van der Waals surface area contributed by atoms with Crippen molar-refractivity contribution in [2.24, 2.45) is 5.41 Å². The van der Waals surface area contributed by atoms with Crippen molar-refractivity contribution >= 4 is 31.0 Å². The Balaban J connectivity index is 2.05. The highest BCUT2D eigenvalue weighted by molar-refractivity contribution is 8.17. The third kappa shape index (κ3) is 3.60. The van der Waals surface area contributed by atoms with Gasteiger partial charge in [0.15, 0.2) is 5.23 Å². The second-order valence-corrected chi connectivity index (χ2v) is 10.8. The van der Waals surface area contributed by atoms with Gasteiger partial charge >= 0.3 is 0 Å². The Morgan fingerprint density at radius 3 is 2.72 bits per heavy atom. The number of pyridine rings is 1. The Morgan fingerprint density at radius 1 is 1.32 bits per heavy atom. The van der Waals surface area contributed by atoms with Crippen molar-refractivity contribution < 1.29 is 9.22 Å². The summed E-state index contributed by atoms with van der Waals surface area (Å²) in [6.07, 6.45) is 7.22. The summed E-state index contributed by atoms with van der Waals surface area (Å²) in [5.41, 5.74) is 2.69. The number of imidazole rings is 1. The van der Waals surface area contributed by atoms with E-state index >= 15 is 0 Å². The van der Waals surface area contributed by atoms with Gasteiger partial charge in [0.2, 0.25) is 9.04 Å². The highest BCUT2D eigenvalue weighted by Crippen LogP contribution is 2.41. The molecule has 0 spiro atoms. The average Bonchev–Trinajstić information content (AvgIpc) is 3.13. The average molecular weight is 373 g/mol. The van der Waals surface area contributed by atoms with Crippen molar-refractivity contribution in [1.82, 2.24) is 14.5 Å². The van der Waals surface area contributed by atoms with Crippen molar-refractivity contribution in [2.75, 3.05) is 0 Å². The Labute approximate surface area is 152 Å². The Morgan fingerprint density at radius 2 is 2.08 bits per heavy atom. The fourth-order valence-corrected chi connectivity index (χ4v) is 5.03. The van der Waals surface area contributed by atoms with Crippen LogP contribution in [0.5, 0.6) is 0 Å². The number of hydrogen-bond donors (Lipinski definition) is 0. The minimum Gasteiger partial charge on any atom is -0.410 e. The number of aromatic nitrogens is 3. The molecule has 1 aliphatic heterocycles. The second kappa shape index (κ2) is 6.84. The molecular weight excluding hydrogens is 350 g/mol. The first-order chi connectivity index (χ1) is 11.8. The molecule has 2 unspecified atom stereocenters. The summed E-state index contributed by atoms with van der Waals surface area (Å²) in [5, 5.41) is 4.82. The van der Waals surface area contributed by atoms with Gasteiger partial charge in [0, 0.05) is 24.2 Å². The number of carbonyl (C=O) groups excluding carboxylic acids is 1. The molecule has 7 heteroatoms. The molecule has 0 fully saturated rings. The highest BCUT2D eigenvalue weighted by Gasteiger charge is 2.29. The van der Waals surface area contributed by atoms with E-state index in [0.29, 0.717) is 0 Å². The first-order valence-corrected chi connectivity index (χ1v) is 11.8. The van der Waals surface area contributed by atoms with Crippen LogP contribution in [0.3, 0.4) is 0 Å². The van der Waals surface area contributed by atoms with E-state index in [1.807, 2.05) is 22.4 Å². The van der Waals surface area contributed by atoms with Crippen molar-refractivity contribution in [3.05, 3.63) is 35.8 Å². The van der Waals surface area contributed by atoms with Crippen LogP contribution >= 0.6 is 10.5 Å². The SMILES string of the molecule is C[Si](C)OC(c1cncc(-c2ncn3c2S(=C=O)C=C3)c1)C(C)(C)C. The van der Waals surface area contributed by atoms with Gasteiger partial charge in [-0.25, -0.2) is 9.78 Å². The summed E-state index contributed by atoms with van der Waals surface area (Å²) >= 11 is 0. The topological polar surface area (TPSA) is 57.0 Å². The molecule has 0 amide bonds. The van der Waals surface area contributed by atoms with Crippen LogP contribution in [0.15, 0.2) is 35.2 Å². The molecule has 3 heterocycles. The third-order valence-corrected chi connectivity index (χ3v) is 5.98. The normalized spacial score (nSPS) is 17.6. The van der Waals surface area contributed by atoms with E-state index in [9.17, 15) is 4.79 Å². The van der Waals surface area contributed by atoms with Gasteiger partial charge in [-0.15, -0.1) is 0 Å². The maximum absolute atomic E-state index is 11.2. The molecule has 0 saturated heterocycles. The molecule has 3 rings (SSSR count). The van der Waals surface area contributed by atoms with Crippen LogP contribution in [0.2, 0.25) is 13.1 Å². The minimum atomic E-state index is -0.858. The monoisotopic (exact) mass is 372 g/mol. The maximum Gasteiger partial charge on any atom is 0.205 e. The van der Waals surface area contributed by atoms with Crippen LogP contribution in [0.25, 0.3) is 17.5 Å². The van der Waals surface area contributed by atoms with Crippen molar-refractivity contribution in [3.8, 4) is 11.3 Å². The fourth-order valence-electron chi connectivity index (χ4n) is 2.84. The van der Waals surface area contributed by atoms with Crippen molar-refractivity contribution in [1.29, 1.82) is 0 Å². The van der Waals surface area contributed by atoms with E-state index in [1.165, 1.54) is 0 Å². The van der Waals surface area contributed by atoms with Gasteiger partial charge in [-0.2, -0.15) is 0 Å². The molecule has 0 aromatic carbocycles. The van der Waals surface area contributed by atoms with Gasteiger partial charge in [0.05, 0.1) is 6.10 Å². The molecule has 0 saturated carbocycles. The molecule has 2 aromatic heterocycles. The number of rotatable bonds is 4. The van der Waals surface area contributed by atoms with Crippen molar-refractivity contribution in [3.63, 3.8) is 0 Å². The molecule has 131 valence electrons. The third-order valence-electron chi connectivity index (χ3n) is 3.88. The Kier molecular flexibility index (Phi) is 4.93. The second-order valence-electron chi connectivity index (χ2n) is 7.29. The summed E-state index contributed by atoms with van der Waals surface area (Å²) in [6.45, 7) is 10.8. The number of fused-ring (bicyclic) bond motifs is 1. The van der Waals surface area contributed by atoms with E-state index in [1.54, 1.807) is 12.5 Å². The first-order valence-electron chi connectivity index (χ1n) is 8.09. The van der Waals surface area contributed by atoms with Gasteiger partial charge in [0.1, 0.15) is 17.0 Å². The van der Waals surface area contributed by atoms with E-state index < -0.39 is 19.5 Å². The van der Waals surface area contributed by atoms with Crippen LogP contribution in [0.1, 0.15) is 32.4 Å². The molecule has 2 aromatic rings. The lowest BCUT2D eigenvalue weighted by atomic mass is 9.85. The first kappa shape index (κ1) is 18.0. The van der Waals surface area contributed by atoms with E-state index in [2.05, 4.69) is 55.1 Å². The summed E-state index contributed by atoms with van der Waals surface area (Å²) < 4.78 is 8.15. The summed E-state index contributed by atoms with van der Waals surface area (Å²) in [7, 11) is -1.53. The minimum absolute atomic E-state index is 0.0338. The molecular formula is C18H22N3O2SSi. The largest absolute Gasteiger partial charge is 0.410 e. The summed E-state index contributed by atoms with van der Waals surface area (Å²) in [6, 6.07) is 2.08. The quantitative estimate of drug-likeness (QED) is 0.588. The molecule has 0 aliphatic carbocycles. The summed E-state index contributed by atoms with van der Waals surface area (Å²) in [4.78, 5) is 20.2. The van der Waals surface area contributed by atoms with Gasteiger partial charge in [-0.05, 0) is 46.0 Å². The number of hydrogen-bond acceptors (Lipinski definition) is 4. The van der Waals surface area contributed by atoms with Crippen LogP contribution in [0.4, 0.5) is 0 Å². The van der Waals surface area contributed by atoms with Crippen LogP contribution in [-0.4, -0.2) is 28.8 Å². The molecule has 0 N–H and O–H groups in total. The van der Waals surface area contributed by atoms with Crippen LogP contribution in [0, 0.1) is 5.41 Å². The van der Waals surface area contributed by atoms with Crippen molar-refractivity contribution in [2.45, 2.75) is 45.0 Å². The van der Waals surface area contributed by atoms with E-state index in [0.717, 1.165) is 21.8 Å². The lowest BCUT2D eigenvalue weighted by Crippen LogP contribution is -2.26. The van der Waals surface area contributed by atoms with E-state index in [-0.39, 0.29) is 11.5 Å². The van der Waals surface area contributed by atoms with E-state index in [4.69, 9.17) is 4.43 Å². The standard InChI is InChI=1S/C18H22N3O2SSi/c1-18(2,3)16(23-25(4)5)14-8-13(9-19-10-14)15-17-21(11-20-15)6-7-24(17)12-22/h6-11,16H,1-5H3.